The molecule has 33 heavy (non-hydrogen) atoms. The van der Waals surface area contributed by atoms with Crippen molar-refractivity contribution < 1.29 is 13.2 Å². The maximum absolute atomic E-state index is 14.0. The summed E-state index contributed by atoms with van der Waals surface area (Å²) in [5, 5.41) is 2.97. The molecule has 4 rings (SSSR count). The highest BCUT2D eigenvalue weighted by Crippen LogP contribution is 2.37. The standard InChI is InChI=1S/C25H22F3N3OS/c1-2-3-14-33-22-15-19(25(26,27)28)23-20(32)16-21(29-17-10-6-4-7-11-17)31(24(23)30-22)18-12-8-5-9-13-18/h4-13,15-16,29H,2-3,14H2,1H3. The van der Waals surface area contributed by atoms with Crippen molar-refractivity contribution in [2.45, 2.75) is 31.0 Å². The molecule has 0 aliphatic rings. The molecule has 0 aliphatic carbocycles. The minimum atomic E-state index is -4.69. The number of aromatic nitrogens is 2. The summed E-state index contributed by atoms with van der Waals surface area (Å²) in [5.74, 6) is 0.977. The summed E-state index contributed by atoms with van der Waals surface area (Å²) < 4.78 is 43.7. The number of alkyl halides is 3. The molecule has 2 aromatic heterocycles. The number of unbranched alkanes of at least 4 members (excludes halogenated alkanes) is 1. The normalized spacial score (nSPS) is 11.6. The average molecular weight is 470 g/mol. The number of halogens is 3. The summed E-state index contributed by atoms with van der Waals surface area (Å²) in [6, 6.07) is 20.3. The van der Waals surface area contributed by atoms with E-state index in [-0.39, 0.29) is 10.7 Å². The van der Waals surface area contributed by atoms with Crippen LogP contribution in [-0.4, -0.2) is 15.3 Å². The van der Waals surface area contributed by atoms with E-state index >= 15 is 0 Å². The van der Waals surface area contributed by atoms with Crippen molar-refractivity contribution in [2.75, 3.05) is 11.1 Å². The summed E-state index contributed by atoms with van der Waals surface area (Å²) in [5.41, 5.74) is -0.434. The Balaban J connectivity index is 2.03. The molecular formula is C25H22F3N3OS. The number of thioether (sulfide) groups is 1. The van der Waals surface area contributed by atoms with E-state index in [1.165, 1.54) is 17.8 Å². The van der Waals surface area contributed by atoms with E-state index in [0.717, 1.165) is 18.9 Å². The lowest BCUT2D eigenvalue weighted by molar-refractivity contribution is -0.136. The van der Waals surface area contributed by atoms with Gasteiger partial charge in [-0.15, -0.1) is 11.8 Å². The van der Waals surface area contributed by atoms with Crippen molar-refractivity contribution in [3.63, 3.8) is 0 Å². The van der Waals surface area contributed by atoms with E-state index < -0.39 is 22.6 Å². The highest BCUT2D eigenvalue weighted by molar-refractivity contribution is 7.99. The average Bonchev–Trinajstić information content (AvgIpc) is 2.79. The number of hydrogen-bond acceptors (Lipinski definition) is 4. The first-order valence-electron chi connectivity index (χ1n) is 10.6. The van der Waals surface area contributed by atoms with E-state index in [1.807, 2.05) is 43.3 Å². The first-order chi connectivity index (χ1) is 15.9. The van der Waals surface area contributed by atoms with Gasteiger partial charge in [0.1, 0.15) is 5.82 Å². The number of pyridine rings is 2. The van der Waals surface area contributed by atoms with Crippen molar-refractivity contribution in [1.29, 1.82) is 0 Å². The molecule has 0 saturated heterocycles. The Kier molecular flexibility index (Phi) is 6.74. The van der Waals surface area contributed by atoms with E-state index in [1.54, 1.807) is 28.8 Å². The van der Waals surface area contributed by atoms with E-state index in [4.69, 9.17) is 0 Å². The summed E-state index contributed by atoms with van der Waals surface area (Å²) in [7, 11) is 0. The third kappa shape index (κ3) is 5.06. The molecule has 0 amide bonds. The number of fused-ring (bicyclic) bond motifs is 1. The minimum Gasteiger partial charge on any atom is -0.341 e. The van der Waals surface area contributed by atoms with E-state index in [2.05, 4.69) is 10.3 Å². The van der Waals surface area contributed by atoms with E-state index in [0.29, 0.717) is 22.9 Å². The number of nitrogens with one attached hydrogen (secondary N) is 1. The molecule has 8 heteroatoms. The molecule has 1 N–H and O–H groups in total. The lowest BCUT2D eigenvalue weighted by Gasteiger charge is -2.20. The SMILES string of the molecule is CCCCSc1cc(C(F)(F)F)c2c(=O)cc(Nc3ccccc3)n(-c3ccccc3)c2n1. The van der Waals surface area contributed by atoms with Crippen LogP contribution in [0.2, 0.25) is 0 Å². The Bertz CT molecular complexity index is 1310. The molecule has 170 valence electrons. The van der Waals surface area contributed by atoms with Crippen molar-refractivity contribution in [3.05, 3.63) is 88.6 Å². The topological polar surface area (TPSA) is 46.9 Å². The fourth-order valence-electron chi connectivity index (χ4n) is 3.51. The first-order valence-corrected chi connectivity index (χ1v) is 11.6. The maximum atomic E-state index is 14.0. The second kappa shape index (κ2) is 9.70. The highest BCUT2D eigenvalue weighted by Gasteiger charge is 2.35. The quantitative estimate of drug-likeness (QED) is 0.233. The fraction of sp³-hybridized carbons (Fsp3) is 0.200. The zero-order valence-corrected chi connectivity index (χ0v) is 18.7. The van der Waals surface area contributed by atoms with Crippen LogP contribution in [-0.2, 0) is 6.18 Å². The lowest BCUT2D eigenvalue weighted by atomic mass is 10.1. The summed E-state index contributed by atoms with van der Waals surface area (Å²) in [6.45, 7) is 2.02. The molecule has 0 spiro atoms. The van der Waals surface area contributed by atoms with Gasteiger partial charge in [-0.1, -0.05) is 49.7 Å². The zero-order valence-electron chi connectivity index (χ0n) is 17.9. The monoisotopic (exact) mass is 469 g/mol. The first kappa shape index (κ1) is 22.9. The van der Waals surface area contributed by atoms with Gasteiger partial charge in [0.05, 0.1) is 16.0 Å². The van der Waals surface area contributed by atoms with Crippen LogP contribution >= 0.6 is 11.8 Å². The molecule has 2 heterocycles. The van der Waals surface area contributed by atoms with Gasteiger partial charge in [0.15, 0.2) is 11.1 Å². The van der Waals surface area contributed by atoms with Crippen molar-refractivity contribution in [1.82, 2.24) is 9.55 Å². The van der Waals surface area contributed by atoms with Gasteiger partial charge in [-0.2, -0.15) is 13.2 Å². The molecule has 0 atom stereocenters. The third-order valence-electron chi connectivity index (χ3n) is 5.06. The van der Waals surface area contributed by atoms with Crippen LogP contribution in [0.4, 0.5) is 24.7 Å². The molecular weight excluding hydrogens is 447 g/mol. The molecule has 4 aromatic rings. The van der Waals surface area contributed by atoms with Gasteiger partial charge in [-0.3, -0.25) is 9.36 Å². The number of benzene rings is 2. The third-order valence-corrected chi connectivity index (χ3v) is 6.06. The number of para-hydroxylation sites is 2. The molecule has 0 saturated carbocycles. The van der Waals surface area contributed by atoms with Crippen LogP contribution in [0.15, 0.2) is 82.6 Å². The lowest BCUT2D eigenvalue weighted by Crippen LogP contribution is -2.18. The van der Waals surface area contributed by atoms with Crippen molar-refractivity contribution in [3.8, 4) is 5.69 Å². The Morgan fingerprint density at radius 1 is 1.00 bits per heavy atom. The van der Waals surface area contributed by atoms with E-state index in [9.17, 15) is 18.0 Å². The number of hydrogen-bond donors (Lipinski definition) is 1. The van der Waals surface area contributed by atoms with Crippen LogP contribution in [0.1, 0.15) is 25.3 Å². The largest absolute Gasteiger partial charge is 0.417 e. The predicted molar refractivity (Wildman–Crippen MR) is 128 cm³/mol. The Hall–Kier alpha value is -3.26. The summed E-state index contributed by atoms with van der Waals surface area (Å²) in [4.78, 5) is 17.6. The molecule has 0 unspecified atom stereocenters. The van der Waals surface area contributed by atoms with Gasteiger partial charge >= 0.3 is 6.18 Å². The van der Waals surface area contributed by atoms with Gasteiger partial charge in [-0.05, 0) is 42.5 Å². The Morgan fingerprint density at radius 2 is 1.67 bits per heavy atom. The van der Waals surface area contributed by atoms with Crippen LogP contribution in [0.25, 0.3) is 16.7 Å². The number of anilines is 2. The van der Waals surface area contributed by atoms with Gasteiger partial charge in [0.2, 0.25) is 0 Å². The fourth-order valence-corrected chi connectivity index (χ4v) is 4.50. The van der Waals surface area contributed by atoms with Crippen LogP contribution in [0.3, 0.4) is 0 Å². The van der Waals surface area contributed by atoms with Gasteiger partial charge in [-0.25, -0.2) is 4.98 Å². The maximum Gasteiger partial charge on any atom is 0.417 e. The van der Waals surface area contributed by atoms with Crippen molar-refractivity contribution in [2.24, 2.45) is 0 Å². The van der Waals surface area contributed by atoms with Crippen LogP contribution < -0.4 is 10.7 Å². The van der Waals surface area contributed by atoms with Gasteiger partial charge < -0.3 is 5.32 Å². The molecule has 0 fully saturated rings. The molecule has 2 aromatic carbocycles. The summed E-state index contributed by atoms with van der Waals surface area (Å²) in [6.07, 6.45) is -2.91. The Morgan fingerprint density at radius 3 is 2.30 bits per heavy atom. The number of rotatable bonds is 7. The van der Waals surface area contributed by atoms with Crippen LogP contribution in [0.5, 0.6) is 0 Å². The molecule has 4 nitrogen and oxygen atoms in total. The van der Waals surface area contributed by atoms with Gasteiger partial charge in [0, 0.05) is 17.4 Å². The molecule has 0 aliphatic heterocycles. The minimum absolute atomic E-state index is 0.0269. The second-order valence-corrected chi connectivity index (χ2v) is 8.58. The number of nitrogens with zero attached hydrogens (tertiary/aromatic N) is 2. The molecule has 0 bridgehead atoms. The molecule has 0 radical (unpaired) electrons. The zero-order chi connectivity index (χ0) is 23.4. The van der Waals surface area contributed by atoms with Crippen molar-refractivity contribution >= 4 is 34.3 Å². The second-order valence-electron chi connectivity index (χ2n) is 7.46. The predicted octanol–water partition coefficient (Wildman–Crippen LogP) is 7.04. The Labute approximate surface area is 193 Å². The van der Waals surface area contributed by atoms with Gasteiger partial charge in [0.25, 0.3) is 0 Å². The highest BCUT2D eigenvalue weighted by atomic mass is 32.2. The smallest absolute Gasteiger partial charge is 0.341 e. The summed E-state index contributed by atoms with van der Waals surface area (Å²) >= 11 is 1.26. The van der Waals surface area contributed by atoms with Crippen LogP contribution in [0, 0.1) is 0 Å².